The van der Waals surface area contributed by atoms with E-state index in [1.807, 2.05) is 42.2 Å². The molecule has 6 heteroatoms. The summed E-state index contributed by atoms with van der Waals surface area (Å²) in [6, 6.07) is 9.54. The molecule has 0 radical (unpaired) electrons. The number of carbonyl (C=O) groups excluding carboxylic acids is 1. The predicted molar refractivity (Wildman–Crippen MR) is 88.5 cm³/mol. The smallest absolute Gasteiger partial charge is 0.264 e. The molecule has 2 heterocycles. The first kappa shape index (κ1) is 16.5. The zero-order chi connectivity index (χ0) is 16.8. The highest BCUT2D eigenvalue weighted by atomic mass is 16.5. The zero-order valence-electron chi connectivity index (χ0n) is 14.0. The minimum absolute atomic E-state index is 0.147. The highest BCUT2D eigenvalue weighted by molar-refractivity contribution is 5.76. The minimum atomic E-state index is 0.147. The minimum Gasteiger partial charge on any atom is -0.484 e. The Kier molecular flexibility index (Phi) is 5.46. The second-order valence-corrected chi connectivity index (χ2v) is 6.08. The van der Waals surface area contributed by atoms with Crippen molar-refractivity contribution < 1.29 is 14.1 Å². The Morgan fingerprint density at radius 1 is 1.38 bits per heavy atom. The van der Waals surface area contributed by atoms with E-state index in [9.17, 15) is 4.79 Å². The van der Waals surface area contributed by atoms with Gasteiger partial charge in [0.15, 0.2) is 12.4 Å². The molecule has 0 saturated carbocycles. The van der Waals surface area contributed by atoms with Gasteiger partial charge in [0.25, 0.3) is 5.89 Å². The van der Waals surface area contributed by atoms with E-state index in [0.29, 0.717) is 24.7 Å². The molecule has 3 rings (SSSR count). The average Bonchev–Trinajstić information content (AvgIpc) is 3.10. The van der Waals surface area contributed by atoms with E-state index in [2.05, 4.69) is 10.1 Å². The van der Waals surface area contributed by atoms with Crippen molar-refractivity contribution >= 4 is 5.91 Å². The Labute approximate surface area is 141 Å². The van der Waals surface area contributed by atoms with Crippen LogP contribution in [0, 0.1) is 0 Å². The molecule has 0 N–H and O–H groups in total. The maximum Gasteiger partial charge on any atom is 0.264 e. The Morgan fingerprint density at radius 2 is 2.21 bits per heavy atom. The van der Waals surface area contributed by atoms with Gasteiger partial charge in [0.2, 0.25) is 5.91 Å². The lowest BCUT2D eigenvalue weighted by Crippen LogP contribution is -2.39. The second-order valence-electron chi connectivity index (χ2n) is 6.08. The second kappa shape index (κ2) is 7.95. The molecule has 1 saturated heterocycles. The molecule has 24 heavy (non-hydrogen) atoms. The van der Waals surface area contributed by atoms with Crippen molar-refractivity contribution in [3.63, 3.8) is 0 Å². The van der Waals surface area contributed by atoms with Crippen LogP contribution < -0.4 is 4.74 Å². The van der Waals surface area contributed by atoms with Gasteiger partial charge in [-0.05, 0) is 31.4 Å². The number of rotatable bonds is 6. The number of benzene rings is 1. The van der Waals surface area contributed by atoms with Crippen LogP contribution in [0.2, 0.25) is 0 Å². The summed E-state index contributed by atoms with van der Waals surface area (Å²) in [6.07, 6.45) is 3.44. The normalized spacial score (nSPS) is 17.7. The number of ether oxygens (including phenoxy) is 1. The molecule has 1 aliphatic heterocycles. The van der Waals surface area contributed by atoms with Crippen molar-refractivity contribution in [3.05, 3.63) is 42.0 Å². The van der Waals surface area contributed by atoms with Crippen LogP contribution in [-0.2, 0) is 11.4 Å². The van der Waals surface area contributed by atoms with Gasteiger partial charge in [0.1, 0.15) is 5.75 Å². The van der Waals surface area contributed by atoms with Gasteiger partial charge < -0.3 is 14.2 Å². The first-order valence-corrected chi connectivity index (χ1v) is 8.54. The number of carbonyl (C=O) groups is 1. The molecule has 6 nitrogen and oxygen atoms in total. The quantitative estimate of drug-likeness (QED) is 0.814. The van der Waals surface area contributed by atoms with Crippen molar-refractivity contribution in [1.82, 2.24) is 15.0 Å². The summed E-state index contributed by atoms with van der Waals surface area (Å²) in [6.45, 7) is 3.79. The Balaban J connectivity index is 1.57. The van der Waals surface area contributed by atoms with Gasteiger partial charge in [0, 0.05) is 25.4 Å². The summed E-state index contributed by atoms with van der Waals surface area (Å²) in [7, 11) is 0. The highest BCUT2D eigenvalue weighted by Gasteiger charge is 2.27. The van der Waals surface area contributed by atoms with Crippen molar-refractivity contribution in [2.45, 2.75) is 45.1 Å². The Morgan fingerprint density at radius 3 is 3.00 bits per heavy atom. The lowest BCUT2D eigenvalue weighted by molar-refractivity contribution is -0.132. The Hall–Kier alpha value is -2.37. The number of aromatic nitrogens is 2. The molecule has 0 spiro atoms. The van der Waals surface area contributed by atoms with Crippen LogP contribution in [0.5, 0.6) is 5.75 Å². The summed E-state index contributed by atoms with van der Waals surface area (Å²) < 4.78 is 10.9. The fourth-order valence-electron chi connectivity index (χ4n) is 2.94. The molecular formula is C18H23N3O3. The summed E-state index contributed by atoms with van der Waals surface area (Å²) >= 11 is 0. The number of para-hydroxylation sites is 1. The molecule has 1 aliphatic rings. The monoisotopic (exact) mass is 329 g/mol. The van der Waals surface area contributed by atoms with E-state index in [1.54, 1.807) is 0 Å². The topological polar surface area (TPSA) is 68.5 Å². The highest BCUT2D eigenvalue weighted by Crippen LogP contribution is 2.25. The van der Waals surface area contributed by atoms with Gasteiger partial charge >= 0.3 is 0 Å². The fraction of sp³-hybridized carbons (Fsp3) is 0.500. The lowest BCUT2D eigenvalue weighted by Gasteiger charge is -2.31. The molecule has 1 amide bonds. The van der Waals surface area contributed by atoms with E-state index < -0.39 is 0 Å². The molecular weight excluding hydrogens is 306 g/mol. The summed E-state index contributed by atoms with van der Waals surface area (Å²) in [5.41, 5.74) is 0. The first-order valence-electron chi connectivity index (χ1n) is 8.54. The van der Waals surface area contributed by atoms with E-state index in [0.717, 1.165) is 31.6 Å². The molecule has 0 aliphatic carbocycles. The van der Waals surface area contributed by atoms with Crippen LogP contribution in [0.15, 0.2) is 34.9 Å². The zero-order valence-corrected chi connectivity index (χ0v) is 14.0. The molecule has 1 unspecified atom stereocenters. The van der Waals surface area contributed by atoms with Gasteiger partial charge in [0.05, 0.1) is 0 Å². The number of hydrogen-bond acceptors (Lipinski definition) is 5. The van der Waals surface area contributed by atoms with Crippen LogP contribution >= 0.6 is 0 Å². The maximum absolute atomic E-state index is 12.1. The van der Waals surface area contributed by atoms with Crippen molar-refractivity contribution in [3.8, 4) is 5.75 Å². The van der Waals surface area contributed by atoms with Crippen LogP contribution in [0.25, 0.3) is 0 Å². The van der Waals surface area contributed by atoms with Crippen LogP contribution in [-0.4, -0.2) is 34.0 Å². The van der Waals surface area contributed by atoms with E-state index in [4.69, 9.17) is 9.26 Å². The van der Waals surface area contributed by atoms with E-state index >= 15 is 0 Å². The molecule has 1 aromatic carbocycles. The number of nitrogens with zero attached hydrogens (tertiary/aromatic N) is 3. The van der Waals surface area contributed by atoms with Crippen LogP contribution in [0.3, 0.4) is 0 Å². The molecule has 128 valence electrons. The SMILES string of the molecule is CCCC(=O)N1CCCC(c2noc(COc3ccccc3)n2)C1. The summed E-state index contributed by atoms with van der Waals surface area (Å²) in [5, 5.41) is 4.09. The number of piperidine rings is 1. The van der Waals surface area contributed by atoms with Crippen molar-refractivity contribution in [2.75, 3.05) is 13.1 Å². The maximum atomic E-state index is 12.1. The summed E-state index contributed by atoms with van der Waals surface area (Å²) in [5.74, 6) is 2.28. The van der Waals surface area contributed by atoms with Crippen molar-refractivity contribution in [1.29, 1.82) is 0 Å². The van der Waals surface area contributed by atoms with Crippen LogP contribution in [0.4, 0.5) is 0 Å². The van der Waals surface area contributed by atoms with Gasteiger partial charge in [-0.1, -0.05) is 30.3 Å². The number of hydrogen-bond donors (Lipinski definition) is 0. The third kappa shape index (κ3) is 4.13. The third-order valence-corrected chi connectivity index (χ3v) is 4.19. The lowest BCUT2D eigenvalue weighted by atomic mass is 9.97. The summed E-state index contributed by atoms with van der Waals surface area (Å²) in [4.78, 5) is 18.5. The van der Waals surface area contributed by atoms with Crippen molar-refractivity contribution in [2.24, 2.45) is 0 Å². The third-order valence-electron chi connectivity index (χ3n) is 4.19. The van der Waals surface area contributed by atoms with E-state index in [1.165, 1.54) is 0 Å². The largest absolute Gasteiger partial charge is 0.484 e. The van der Waals surface area contributed by atoms with Gasteiger partial charge in [-0.25, -0.2) is 0 Å². The van der Waals surface area contributed by atoms with Crippen LogP contribution in [0.1, 0.15) is 50.2 Å². The van der Waals surface area contributed by atoms with Gasteiger partial charge in [-0.15, -0.1) is 0 Å². The molecule has 0 bridgehead atoms. The number of amides is 1. The van der Waals surface area contributed by atoms with E-state index in [-0.39, 0.29) is 18.4 Å². The fourth-order valence-corrected chi connectivity index (χ4v) is 2.94. The Bertz CT molecular complexity index is 657. The number of likely N-dealkylation sites (tertiary alicyclic amines) is 1. The standard InChI is InChI=1S/C18H23N3O3/c1-2-7-17(22)21-11-6-8-14(12-21)18-19-16(24-20-18)13-23-15-9-4-3-5-10-15/h3-5,9-10,14H,2,6-8,11-13H2,1H3. The predicted octanol–water partition coefficient (Wildman–Crippen LogP) is 3.15. The molecule has 1 fully saturated rings. The first-order chi connectivity index (χ1) is 11.8. The average molecular weight is 329 g/mol. The molecule has 2 aromatic rings. The molecule has 1 atom stereocenters. The van der Waals surface area contributed by atoms with Gasteiger partial charge in [-0.3, -0.25) is 4.79 Å². The molecule has 1 aromatic heterocycles. The van der Waals surface area contributed by atoms with Gasteiger partial charge in [-0.2, -0.15) is 4.98 Å².